The van der Waals surface area contributed by atoms with Gasteiger partial charge < -0.3 is 4.74 Å². The van der Waals surface area contributed by atoms with Gasteiger partial charge in [0.25, 0.3) is 5.91 Å². The fraction of sp³-hybridized carbons (Fsp3) is 0.625. The van der Waals surface area contributed by atoms with Crippen molar-refractivity contribution < 1.29 is 9.53 Å². The first-order valence-corrected chi connectivity index (χ1v) is 11.5. The molecule has 0 bridgehead atoms. The summed E-state index contributed by atoms with van der Waals surface area (Å²) in [7, 11) is 1.59. The highest BCUT2D eigenvalue weighted by atomic mass is 16.5. The Balaban J connectivity index is 1.67. The molecule has 2 saturated carbocycles. The van der Waals surface area contributed by atoms with E-state index in [1.54, 1.807) is 7.11 Å². The van der Waals surface area contributed by atoms with Crippen LogP contribution in [0.5, 0.6) is 0 Å². The summed E-state index contributed by atoms with van der Waals surface area (Å²) >= 11 is 0. The lowest BCUT2D eigenvalue weighted by Crippen LogP contribution is -2.62. The molecular weight excluding hydrogens is 376 g/mol. The van der Waals surface area contributed by atoms with Gasteiger partial charge in [-0.05, 0) is 32.6 Å². The smallest absolute Gasteiger partial charge is 0.255 e. The van der Waals surface area contributed by atoms with Crippen LogP contribution in [0.25, 0.3) is 11.4 Å². The summed E-state index contributed by atoms with van der Waals surface area (Å²) in [4.78, 5) is 20.1. The Hall–Kier alpha value is -2.21. The number of fused-ring (bicyclic) bond motifs is 4. The van der Waals surface area contributed by atoms with Crippen LogP contribution in [0.4, 0.5) is 5.95 Å². The van der Waals surface area contributed by atoms with Gasteiger partial charge in [0.05, 0.1) is 5.54 Å². The summed E-state index contributed by atoms with van der Waals surface area (Å²) in [6, 6.07) is 8.57. The van der Waals surface area contributed by atoms with Gasteiger partial charge in [0.1, 0.15) is 6.61 Å². The highest BCUT2D eigenvalue weighted by molar-refractivity contribution is 5.94. The third kappa shape index (κ3) is 3.08. The van der Waals surface area contributed by atoms with E-state index in [0.717, 1.165) is 36.6 Å². The van der Waals surface area contributed by atoms with Crippen molar-refractivity contribution in [2.75, 3.05) is 18.6 Å². The largest absolute Gasteiger partial charge is 0.375 e. The maximum atomic E-state index is 13.2. The highest BCUT2D eigenvalue weighted by Gasteiger charge is 2.55. The van der Waals surface area contributed by atoms with Crippen LogP contribution in [-0.4, -0.2) is 40.4 Å². The third-order valence-electron chi connectivity index (χ3n) is 7.54. The van der Waals surface area contributed by atoms with E-state index >= 15 is 0 Å². The first-order chi connectivity index (χ1) is 14.6. The Kier molecular flexibility index (Phi) is 5.13. The molecule has 2 aliphatic carbocycles. The quantitative estimate of drug-likeness (QED) is 0.752. The van der Waals surface area contributed by atoms with Gasteiger partial charge in [-0.15, -0.1) is 5.10 Å². The molecule has 0 unspecified atom stereocenters. The average molecular weight is 409 g/mol. The van der Waals surface area contributed by atoms with Crippen molar-refractivity contribution in [2.24, 2.45) is 5.92 Å². The summed E-state index contributed by atoms with van der Waals surface area (Å²) in [6.45, 7) is 2.17. The predicted octanol–water partition coefficient (Wildman–Crippen LogP) is 4.46. The number of rotatable bonds is 3. The molecule has 30 heavy (non-hydrogen) atoms. The minimum atomic E-state index is -0.00152. The third-order valence-corrected chi connectivity index (χ3v) is 7.54. The number of carbonyl (C=O) groups is 1. The molecule has 2 aromatic rings. The second-order valence-electron chi connectivity index (χ2n) is 9.33. The van der Waals surface area contributed by atoms with Crippen LogP contribution in [0.2, 0.25) is 0 Å². The van der Waals surface area contributed by atoms with Crippen molar-refractivity contribution in [3.8, 4) is 11.4 Å². The minimum Gasteiger partial charge on any atom is -0.375 e. The molecule has 160 valence electrons. The van der Waals surface area contributed by atoms with Gasteiger partial charge in [0.15, 0.2) is 5.82 Å². The molecule has 1 spiro atoms. The number of hydrogen-bond donors (Lipinski definition) is 0. The Bertz CT molecular complexity index is 914. The van der Waals surface area contributed by atoms with Gasteiger partial charge in [-0.25, -0.2) is 4.68 Å². The van der Waals surface area contributed by atoms with Crippen LogP contribution in [-0.2, 0) is 15.1 Å². The molecule has 6 heteroatoms. The monoisotopic (exact) mass is 408 g/mol. The molecule has 5 rings (SSSR count). The van der Waals surface area contributed by atoms with Gasteiger partial charge in [0.2, 0.25) is 5.95 Å². The van der Waals surface area contributed by atoms with Crippen LogP contribution in [0, 0.1) is 12.8 Å². The molecule has 1 amide bonds. The molecule has 2 fully saturated rings. The Morgan fingerprint density at radius 1 is 1.10 bits per heavy atom. The van der Waals surface area contributed by atoms with Crippen molar-refractivity contribution >= 4 is 11.9 Å². The van der Waals surface area contributed by atoms with Gasteiger partial charge in [0, 0.05) is 24.6 Å². The SMILES string of the molecule is COCC(=O)N1c2nc(-c3ccc(C)cc3)nn2C2(CCCCC2)[C@@H]2CCCC[C@@H]21. The molecule has 0 N–H and O–H groups in total. The van der Waals surface area contributed by atoms with E-state index in [2.05, 4.69) is 35.9 Å². The molecule has 6 nitrogen and oxygen atoms in total. The molecule has 0 saturated heterocycles. The summed E-state index contributed by atoms with van der Waals surface area (Å²) in [5.74, 6) is 1.91. The molecule has 2 atom stereocenters. The van der Waals surface area contributed by atoms with Gasteiger partial charge in [-0.2, -0.15) is 4.98 Å². The zero-order valence-corrected chi connectivity index (χ0v) is 18.1. The Labute approximate surface area is 178 Å². The van der Waals surface area contributed by atoms with Gasteiger partial charge in [-0.3, -0.25) is 9.69 Å². The van der Waals surface area contributed by atoms with Gasteiger partial charge >= 0.3 is 0 Å². The van der Waals surface area contributed by atoms with E-state index in [0.29, 0.717) is 5.92 Å². The lowest BCUT2D eigenvalue weighted by molar-refractivity contribution is -0.124. The molecule has 3 aliphatic rings. The first kappa shape index (κ1) is 19.7. The molecule has 1 aliphatic heterocycles. The van der Waals surface area contributed by atoms with Crippen molar-refractivity contribution in [3.63, 3.8) is 0 Å². The van der Waals surface area contributed by atoms with E-state index in [1.165, 1.54) is 44.1 Å². The van der Waals surface area contributed by atoms with Crippen molar-refractivity contribution in [3.05, 3.63) is 29.8 Å². The summed E-state index contributed by atoms with van der Waals surface area (Å²) < 4.78 is 7.41. The number of nitrogens with zero attached hydrogens (tertiary/aromatic N) is 4. The Morgan fingerprint density at radius 3 is 2.57 bits per heavy atom. The van der Waals surface area contributed by atoms with E-state index in [-0.39, 0.29) is 24.1 Å². The fourth-order valence-electron chi connectivity index (χ4n) is 6.17. The number of aromatic nitrogens is 3. The lowest BCUT2D eigenvalue weighted by atomic mass is 9.64. The molecule has 2 heterocycles. The summed E-state index contributed by atoms with van der Waals surface area (Å²) in [5, 5.41) is 5.08. The van der Waals surface area contributed by atoms with Gasteiger partial charge in [-0.1, -0.05) is 61.9 Å². The molecule has 1 aromatic carbocycles. The standard InChI is InChI=1S/C24H32N4O2/c1-17-10-12-18(13-11-17)22-25-23-27(21(29)16-30-2)20-9-5-4-8-19(20)24(28(23)26-22)14-6-3-7-15-24/h10-13,19-20H,3-9,14-16H2,1-2H3/t19-,20+/m1/s1. The van der Waals surface area contributed by atoms with Crippen molar-refractivity contribution in [1.82, 2.24) is 14.8 Å². The number of amides is 1. The zero-order valence-electron chi connectivity index (χ0n) is 18.1. The average Bonchev–Trinajstić information content (AvgIpc) is 3.21. The topological polar surface area (TPSA) is 60.2 Å². The van der Waals surface area contributed by atoms with Crippen LogP contribution >= 0.6 is 0 Å². The number of ether oxygens (including phenoxy) is 1. The fourth-order valence-corrected chi connectivity index (χ4v) is 6.17. The Morgan fingerprint density at radius 2 is 1.83 bits per heavy atom. The number of carbonyl (C=O) groups excluding carboxylic acids is 1. The van der Waals surface area contributed by atoms with Crippen LogP contribution in [0.15, 0.2) is 24.3 Å². The first-order valence-electron chi connectivity index (χ1n) is 11.5. The maximum Gasteiger partial charge on any atom is 0.255 e. The maximum absolute atomic E-state index is 13.2. The summed E-state index contributed by atoms with van der Waals surface area (Å²) in [6.07, 6.45) is 10.7. The highest BCUT2D eigenvalue weighted by Crippen LogP contribution is 2.53. The summed E-state index contributed by atoms with van der Waals surface area (Å²) in [5.41, 5.74) is 2.23. The zero-order chi connectivity index (χ0) is 20.7. The molecule has 1 aromatic heterocycles. The minimum absolute atomic E-state index is 0.00152. The van der Waals surface area contributed by atoms with E-state index in [1.807, 2.05) is 4.90 Å². The number of benzene rings is 1. The normalized spacial score (nSPS) is 25.1. The lowest BCUT2D eigenvalue weighted by Gasteiger charge is -2.55. The number of hydrogen-bond acceptors (Lipinski definition) is 4. The van der Waals surface area contributed by atoms with Crippen LogP contribution < -0.4 is 4.90 Å². The predicted molar refractivity (Wildman–Crippen MR) is 116 cm³/mol. The number of methoxy groups -OCH3 is 1. The van der Waals surface area contributed by atoms with E-state index in [4.69, 9.17) is 14.8 Å². The van der Waals surface area contributed by atoms with Crippen molar-refractivity contribution in [1.29, 1.82) is 0 Å². The second kappa shape index (κ2) is 7.80. The number of aryl methyl sites for hydroxylation is 1. The second-order valence-corrected chi connectivity index (χ2v) is 9.33. The van der Waals surface area contributed by atoms with Crippen LogP contribution in [0.3, 0.4) is 0 Å². The van der Waals surface area contributed by atoms with E-state index in [9.17, 15) is 4.79 Å². The van der Waals surface area contributed by atoms with Crippen LogP contribution in [0.1, 0.15) is 63.4 Å². The number of anilines is 1. The van der Waals surface area contributed by atoms with E-state index < -0.39 is 0 Å². The molecular formula is C24H32N4O2. The molecule has 0 radical (unpaired) electrons. The van der Waals surface area contributed by atoms with Crippen molar-refractivity contribution in [2.45, 2.75) is 76.3 Å².